The predicted octanol–water partition coefficient (Wildman–Crippen LogP) is 1.90. The van der Waals surface area contributed by atoms with E-state index in [1.54, 1.807) is 12.1 Å². The van der Waals surface area contributed by atoms with Gasteiger partial charge in [-0.1, -0.05) is 51.1 Å². The average molecular weight is 285 g/mol. The van der Waals surface area contributed by atoms with Crippen LogP contribution >= 0.6 is 0 Å². The smallest absolute Gasteiger partial charge is 0.216 e. The summed E-state index contributed by atoms with van der Waals surface area (Å²) in [4.78, 5) is 0. The number of rotatable bonds is 6. The molecule has 0 heterocycles. The molecule has 0 amide bonds. The Labute approximate surface area is 115 Å². The molecule has 1 atom stereocenters. The first-order valence-electron chi connectivity index (χ1n) is 6.37. The van der Waals surface area contributed by atoms with E-state index < -0.39 is 16.1 Å². The number of aliphatic hydroxyl groups excluding tert-OH is 1. The Hall–Kier alpha value is -0.910. The van der Waals surface area contributed by atoms with Crippen LogP contribution in [0, 0.1) is 5.41 Å². The average Bonchev–Trinajstić information content (AvgIpc) is 2.26. The van der Waals surface area contributed by atoms with Crippen molar-refractivity contribution in [3.05, 3.63) is 35.9 Å². The fraction of sp³-hybridized carbons (Fsp3) is 0.571. The van der Waals surface area contributed by atoms with Gasteiger partial charge >= 0.3 is 0 Å². The lowest BCUT2D eigenvalue weighted by Crippen LogP contribution is -2.40. The van der Waals surface area contributed by atoms with Gasteiger partial charge in [-0.25, -0.2) is 13.1 Å². The molecule has 0 aliphatic rings. The minimum Gasteiger partial charge on any atom is -0.395 e. The first-order chi connectivity index (χ1) is 8.72. The monoisotopic (exact) mass is 285 g/mol. The second kappa shape index (κ2) is 6.50. The second-order valence-corrected chi connectivity index (χ2v) is 7.76. The van der Waals surface area contributed by atoms with E-state index in [9.17, 15) is 13.5 Å². The zero-order valence-corrected chi connectivity index (χ0v) is 12.6. The van der Waals surface area contributed by atoms with Crippen molar-refractivity contribution in [2.75, 3.05) is 6.61 Å². The van der Waals surface area contributed by atoms with Crippen LogP contribution < -0.4 is 4.72 Å². The Morgan fingerprint density at radius 1 is 1.21 bits per heavy atom. The Morgan fingerprint density at radius 3 is 2.26 bits per heavy atom. The Morgan fingerprint density at radius 2 is 1.79 bits per heavy atom. The van der Waals surface area contributed by atoms with Crippen molar-refractivity contribution >= 4 is 10.0 Å². The molecular weight excluding hydrogens is 262 g/mol. The minimum atomic E-state index is -3.43. The lowest BCUT2D eigenvalue weighted by molar-refractivity contribution is 0.214. The molecule has 5 heteroatoms. The van der Waals surface area contributed by atoms with Gasteiger partial charge in [0.2, 0.25) is 10.0 Å². The normalized spacial score (nSPS) is 14.3. The fourth-order valence-electron chi connectivity index (χ4n) is 1.97. The first-order valence-corrected chi connectivity index (χ1v) is 8.02. The van der Waals surface area contributed by atoms with Gasteiger partial charge in [-0.2, -0.15) is 0 Å². The number of benzene rings is 1. The summed E-state index contributed by atoms with van der Waals surface area (Å²) in [7, 11) is -3.43. The van der Waals surface area contributed by atoms with Crippen LogP contribution in [0.5, 0.6) is 0 Å². The third-order valence-electron chi connectivity index (χ3n) is 2.62. The molecule has 0 saturated carbocycles. The van der Waals surface area contributed by atoms with Crippen LogP contribution in [0.25, 0.3) is 0 Å². The summed E-state index contributed by atoms with van der Waals surface area (Å²) in [5.41, 5.74) is 0.699. The Kier molecular flexibility index (Phi) is 5.52. The van der Waals surface area contributed by atoms with E-state index in [4.69, 9.17) is 0 Å². The molecule has 19 heavy (non-hydrogen) atoms. The molecule has 0 aliphatic carbocycles. The third kappa shape index (κ3) is 6.71. The van der Waals surface area contributed by atoms with Gasteiger partial charge in [-0.05, 0) is 17.4 Å². The summed E-state index contributed by atoms with van der Waals surface area (Å²) in [5.74, 6) is -0.0610. The number of hydrogen-bond acceptors (Lipinski definition) is 3. The molecule has 4 nitrogen and oxygen atoms in total. The Bertz CT molecular complexity index is 477. The number of aliphatic hydroxyl groups is 1. The highest BCUT2D eigenvalue weighted by Gasteiger charge is 2.23. The van der Waals surface area contributed by atoms with Gasteiger partial charge in [0.1, 0.15) is 0 Å². The maximum Gasteiger partial charge on any atom is 0.216 e. The highest BCUT2D eigenvalue weighted by molar-refractivity contribution is 7.88. The molecule has 1 rings (SSSR count). The van der Waals surface area contributed by atoms with Gasteiger partial charge in [0.05, 0.1) is 12.4 Å². The van der Waals surface area contributed by atoms with Crippen LogP contribution in [-0.2, 0) is 15.8 Å². The summed E-state index contributed by atoms with van der Waals surface area (Å²) in [6.07, 6.45) is 0.595. The zero-order chi connectivity index (χ0) is 14.5. The van der Waals surface area contributed by atoms with Gasteiger partial charge in [0, 0.05) is 6.04 Å². The van der Waals surface area contributed by atoms with Crippen molar-refractivity contribution in [1.29, 1.82) is 0 Å². The molecule has 0 aromatic heterocycles. The topological polar surface area (TPSA) is 66.4 Å². The van der Waals surface area contributed by atoms with Crippen molar-refractivity contribution < 1.29 is 13.5 Å². The van der Waals surface area contributed by atoms with Crippen molar-refractivity contribution in [2.45, 2.75) is 39.0 Å². The van der Waals surface area contributed by atoms with E-state index in [2.05, 4.69) is 4.72 Å². The van der Waals surface area contributed by atoms with Gasteiger partial charge in [-0.15, -0.1) is 0 Å². The molecule has 0 radical (unpaired) electrons. The van der Waals surface area contributed by atoms with E-state index in [0.29, 0.717) is 6.42 Å². The van der Waals surface area contributed by atoms with Gasteiger partial charge in [-0.3, -0.25) is 0 Å². The van der Waals surface area contributed by atoms with Gasteiger partial charge in [0.15, 0.2) is 0 Å². The summed E-state index contributed by atoms with van der Waals surface area (Å²) in [5, 5.41) is 9.29. The maximum absolute atomic E-state index is 12.0. The van der Waals surface area contributed by atoms with E-state index in [-0.39, 0.29) is 17.8 Å². The maximum atomic E-state index is 12.0. The molecule has 1 aromatic carbocycles. The summed E-state index contributed by atoms with van der Waals surface area (Å²) in [6, 6.07) is 8.58. The summed E-state index contributed by atoms with van der Waals surface area (Å²) < 4.78 is 26.6. The molecule has 1 aromatic rings. The molecular formula is C14H23NO3S. The van der Waals surface area contributed by atoms with Gasteiger partial charge in [0.25, 0.3) is 0 Å². The lowest BCUT2D eigenvalue weighted by Gasteiger charge is -2.25. The van der Waals surface area contributed by atoms with Crippen LogP contribution in [0.2, 0.25) is 0 Å². The van der Waals surface area contributed by atoms with E-state index in [0.717, 1.165) is 5.56 Å². The van der Waals surface area contributed by atoms with Crippen molar-refractivity contribution in [3.8, 4) is 0 Å². The highest BCUT2D eigenvalue weighted by atomic mass is 32.2. The molecule has 2 N–H and O–H groups in total. The molecule has 0 saturated heterocycles. The molecule has 0 aliphatic heterocycles. The fourth-order valence-corrected chi connectivity index (χ4v) is 3.35. The second-order valence-electron chi connectivity index (χ2n) is 6.01. The number of hydrogen-bond donors (Lipinski definition) is 2. The summed E-state index contributed by atoms with van der Waals surface area (Å²) in [6.45, 7) is 5.86. The quantitative estimate of drug-likeness (QED) is 0.839. The lowest BCUT2D eigenvalue weighted by atomic mass is 9.89. The molecule has 1 unspecified atom stereocenters. The third-order valence-corrected chi connectivity index (χ3v) is 4.03. The standard InChI is InChI=1S/C14H23NO3S/c1-14(2,3)9-13(10-16)15-19(17,18)11-12-7-5-4-6-8-12/h4-8,13,15-16H,9-11H2,1-3H3. The molecule has 0 bridgehead atoms. The van der Waals surface area contributed by atoms with E-state index in [1.165, 1.54) is 0 Å². The summed E-state index contributed by atoms with van der Waals surface area (Å²) >= 11 is 0. The largest absolute Gasteiger partial charge is 0.395 e. The predicted molar refractivity (Wildman–Crippen MR) is 77.1 cm³/mol. The van der Waals surface area contributed by atoms with Crippen LogP contribution in [0.1, 0.15) is 32.8 Å². The van der Waals surface area contributed by atoms with Crippen molar-refractivity contribution in [3.63, 3.8) is 0 Å². The van der Waals surface area contributed by atoms with Crippen LogP contribution in [0.4, 0.5) is 0 Å². The van der Waals surface area contributed by atoms with Crippen LogP contribution in [0.3, 0.4) is 0 Å². The minimum absolute atomic E-state index is 0.0390. The van der Waals surface area contributed by atoms with Crippen molar-refractivity contribution in [2.24, 2.45) is 5.41 Å². The molecule has 0 spiro atoms. The van der Waals surface area contributed by atoms with E-state index >= 15 is 0 Å². The van der Waals surface area contributed by atoms with Crippen molar-refractivity contribution in [1.82, 2.24) is 4.72 Å². The molecule has 108 valence electrons. The van der Waals surface area contributed by atoms with Crippen LogP contribution in [0.15, 0.2) is 30.3 Å². The number of nitrogens with one attached hydrogen (secondary N) is 1. The highest BCUT2D eigenvalue weighted by Crippen LogP contribution is 2.21. The first kappa shape index (κ1) is 16.1. The van der Waals surface area contributed by atoms with Gasteiger partial charge < -0.3 is 5.11 Å². The van der Waals surface area contributed by atoms with Crippen LogP contribution in [-0.4, -0.2) is 26.2 Å². The SMILES string of the molecule is CC(C)(C)CC(CO)NS(=O)(=O)Cc1ccccc1. The zero-order valence-electron chi connectivity index (χ0n) is 11.8. The molecule has 0 fully saturated rings. The number of sulfonamides is 1. The van der Waals surface area contributed by atoms with E-state index in [1.807, 2.05) is 39.0 Å². The Balaban J connectivity index is 2.68.